The van der Waals surface area contributed by atoms with Gasteiger partial charge in [-0.15, -0.1) is 6.58 Å². The van der Waals surface area contributed by atoms with Crippen molar-refractivity contribution >= 4 is 23.8 Å². The maximum Gasteiger partial charge on any atom is 0.163 e. The molecule has 0 aliphatic carbocycles. The van der Waals surface area contributed by atoms with Gasteiger partial charge in [0, 0.05) is 30.7 Å². The molecule has 1 aromatic rings. The number of allylic oxidation sites excluding steroid dienone is 3. The third kappa shape index (κ3) is 35.7. The lowest BCUT2D eigenvalue weighted by Crippen LogP contribution is -2.20. The van der Waals surface area contributed by atoms with Crippen LogP contribution in [0.4, 0.5) is 0 Å². The molecule has 1 heterocycles. The molecular weight excluding hydrogens is 512 g/mol. The topological polar surface area (TPSA) is 161 Å². The van der Waals surface area contributed by atoms with Crippen LogP contribution in [0.2, 0.25) is 0 Å². The number of aldehydes is 1. The zero-order valence-corrected chi connectivity index (χ0v) is 26.9. The van der Waals surface area contributed by atoms with Gasteiger partial charge in [-0.3, -0.25) is 4.79 Å². The molecule has 0 aliphatic rings. The fourth-order valence-corrected chi connectivity index (χ4v) is 2.07. The summed E-state index contributed by atoms with van der Waals surface area (Å²) < 4.78 is 1.93. The van der Waals surface area contributed by atoms with Crippen molar-refractivity contribution in [3.63, 3.8) is 0 Å². The first-order valence-corrected chi connectivity index (χ1v) is 13.8. The van der Waals surface area contributed by atoms with Gasteiger partial charge in [-0.25, -0.2) is 0 Å². The number of aliphatic hydroxyl groups excluding tert-OH is 1. The highest BCUT2D eigenvalue weighted by molar-refractivity contribution is 6.26. The van der Waals surface area contributed by atoms with Crippen LogP contribution < -0.4 is 0 Å². The Labute approximate surface area is 250 Å². The summed E-state index contributed by atoms with van der Waals surface area (Å²) >= 11 is 0. The van der Waals surface area contributed by atoms with Crippen LogP contribution in [0.3, 0.4) is 0 Å². The second-order valence-electron chi connectivity index (χ2n) is 6.85. The Morgan fingerprint density at radius 3 is 1.93 bits per heavy atom. The molecule has 1 rings (SSSR count). The predicted molar refractivity (Wildman–Crippen MR) is 176 cm³/mol. The number of nitriles is 3. The van der Waals surface area contributed by atoms with E-state index in [1.54, 1.807) is 18.2 Å². The Bertz CT molecular complexity index is 983. The molecule has 8 nitrogen and oxygen atoms in total. The monoisotopic (exact) mass is 566 g/mol. The maximum atomic E-state index is 9.79. The summed E-state index contributed by atoms with van der Waals surface area (Å²) in [5, 5.41) is 47.8. The van der Waals surface area contributed by atoms with Crippen molar-refractivity contribution < 1.29 is 9.90 Å². The van der Waals surface area contributed by atoms with Gasteiger partial charge in [0.15, 0.2) is 6.29 Å². The number of carbonyl (C=O) groups is 1. The van der Waals surface area contributed by atoms with E-state index >= 15 is 0 Å². The van der Waals surface area contributed by atoms with Gasteiger partial charge in [-0.1, -0.05) is 80.2 Å². The molecule has 1 aromatic heterocycles. The van der Waals surface area contributed by atoms with Crippen LogP contribution in [0.5, 0.6) is 0 Å². The van der Waals surface area contributed by atoms with Gasteiger partial charge in [-0.05, 0) is 44.7 Å². The zero-order chi connectivity index (χ0) is 33.6. The number of hydrogen-bond acceptors (Lipinski definition) is 7. The van der Waals surface area contributed by atoms with Crippen molar-refractivity contribution in [3.8, 4) is 18.2 Å². The first-order chi connectivity index (χ1) is 19.6. The molecule has 0 aliphatic heterocycles. The molecule has 0 saturated heterocycles. The van der Waals surface area contributed by atoms with E-state index in [2.05, 4.69) is 25.8 Å². The highest BCUT2D eigenvalue weighted by Crippen LogP contribution is 2.07. The van der Waals surface area contributed by atoms with E-state index in [1.165, 1.54) is 6.08 Å². The number of rotatable bonds is 10. The fourth-order valence-electron chi connectivity index (χ4n) is 2.07. The molecule has 0 radical (unpaired) electrons. The van der Waals surface area contributed by atoms with Gasteiger partial charge >= 0.3 is 0 Å². The Balaban J connectivity index is -0.0000000977. The minimum atomic E-state index is -1.12. The molecule has 0 saturated carbocycles. The van der Waals surface area contributed by atoms with Gasteiger partial charge in [0.05, 0.1) is 29.0 Å². The van der Waals surface area contributed by atoms with Crippen molar-refractivity contribution in [2.75, 3.05) is 0 Å². The molecule has 0 bridgehead atoms. The summed E-state index contributed by atoms with van der Waals surface area (Å²) in [4.78, 5) is 9.79. The molecule has 228 valence electrons. The number of nitrogens with one attached hydrogen (secondary N) is 2. The Morgan fingerprint density at radius 1 is 1.10 bits per heavy atom. The van der Waals surface area contributed by atoms with E-state index in [-0.39, 0.29) is 17.0 Å². The van der Waals surface area contributed by atoms with Crippen LogP contribution in [0.25, 0.3) is 6.08 Å². The first-order valence-electron chi connectivity index (χ1n) is 13.8. The van der Waals surface area contributed by atoms with Crippen molar-refractivity contribution in [2.24, 2.45) is 7.05 Å². The number of hydrogen-bond donors (Lipinski definition) is 3. The second-order valence-corrected chi connectivity index (χ2v) is 6.85. The number of unbranched alkanes of at least 4 members (excludes halogenated alkanes) is 1. The van der Waals surface area contributed by atoms with Gasteiger partial charge in [-0.2, -0.15) is 15.8 Å². The van der Waals surface area contributed by atoms with E-state index in [4.69, 9.17) is 26.6 Å². The van der Waals surface area contributed by atoms with E-state index in [9.17, 15) is 9.90 Å². The van der Waals surface area contributed by atoms with Gasteiger partial charge in [0.25, 0.3) is 0 Å². The molecule has 3 N–H and O–H groups in total. The lowest BCUT2D eigenvalue weighted by Gasteiger charge is -2.08. The largest absolute Gasteiger partial charge is 0.382 e. The van der Waals surface area contributed by atoms with Crippen LogP contribution in [0, 0.1) is 44.8 Å². The quantitative estimate of drug-likeness (QED) is 0.112. The van der Waals surface area contributed by atoms with Gasteiger partial charge < -0.3 is 20.5 Å². The molecule has 0 aromatic carbocycles. The lowest BCUT2D eigenvalue weighted by atomic mass is 10.0. The SMILES string of the molecule is C/C=C\c1cc(C#N)cn1C.C=CC#N.C=CCCC(=N)C(O)C(=C)C#N.CC.CC.CC.CCCCC(=N)C=O. The minimum absolute atomic E-state index is 0.0177. The highest BCUT2D eigenvalue weighted by Gasteiger charge is 2.12. The zero-order valence-electron chi connectivity index (χ0n) is 26.9. The summed E-state index contributed by atoms with van der Waals surface area (Å²) in [6.07, 6.45) is 11.8. The fraction of sp³-hybridized carbons (Fsp3) is 0.455. The van der Waals surface area contributed by atoms with Crippen molar-refractivity contribution in [1.29, 1.82) is 26.6 Å². The summed E-state index contributed by atoms with van der Waals surface area (Å²) in [5.74, 6) is 0. The van der Waals surface area contributed by atoms with Crippen molar-refractivity contribution in [3.05, 3.63) is 67.1 Å². The van der Waals surface area contributed by atoms with Crippen LogP contribution in [-0.4, -0.2) is 33.5 Å². The lowest BCUT2D eigenvalue weighted by molar-refractivity contribution is -0.102. The highest BCUT2D eigenvalue weighted by atomic mass is 16.3. The number of aryl methyl sites for hydroxylation is 1. The summed E-state index contributed by atoms with van der Waals surface area (Å²) in [5.41, 5.74) is 2.11. The minimum Gasteiger partial charge on any atom is -0.382 e. The molecule has 8 heteroatoms. The maximum absolute atomic E-state index is 9.79. The number of aliphatic hydroxyl groups is 1. The van der Waals surface area contributed by atoms with Crippen LogP contribution >= 0.6 is 0 Å². The number of aromatic nitrogens is 1. The number of nitrogens with zero attached hydrogens (tertiary/aromatic N) is 4. The van der Waals surface area contributed by atoms with E-state index < -0.39 is 6.10 Å². The van der Waals surface area contributed by atoms with Crippen LogP contribution in [-0.2, 0) is 11.8 Å². The average molecular weight is 567 g/mol. The number of carbonyl (C=O) groups excluding carboxylic acids is 1. The average Bonchev–Trinajstić information content (AvgIpc) is 3.40. The molecule has 1 unspecified atom stereocenters. The molecule has 0 spiro atoms. The second kappa shape index (κ2) is 42.8. The van der Waals surface area contributed by atoms with E-state index in [0.29, 0.717) is 31.1 Å². The van der Waals surface area contributed by atoms with Crippen LogP contribution in [0.15, 0.2) is 55.8 Å². The third-order valence-corrected chi connectivity index (χ3v) is 3.96. The van der Waals surface area contributed by atoms with E-state index in [1.807, 2.05) is 91.4 Å². The molecule has 1 atom stereocenters. The standard InChI is InChI=1S/C9H12N2O.C9H10N2.C6H11NO.C3H3N.3C2H6/c1-3-4-5-8(11)9(12)7(2)6-10;1-3-4-9-5-8(6-10)7-11(9)2;1-2-3-4-6(7)5-8;1-2-3-4;3*1-2/h3,9,11-12H,1-2,4-5H2;3-5,7H,1-2H3;5,7H,2-4H2,1H3;2H,1H2;3*1-2H3/b;4-3-;;;;;. The van der Waals surface area contributed by atoms with Gasteiger partial charge in [0.2, 0.25) is 0 Å². The summed E-state index contributed by atoms with van der Waals surface area (Å²) in [6.45, 7) is 25.9. The summed E-state index contributed by atoms with van der Waals surface area (Å²) in [6, 6.07) is 7.36. The van der Waals surface area contributed by atoms with Crippen LogP contribution in [0.1, 0.15) is 98.8 Å². The molecule has 0 amide bonds. The van der Waals surface area contributed by atoms with Crippen molar-refractivity contribution in [1.82, 2.24) is 4.57 Å². The molecule has 0 fully saturated rings. The Kier molecular flexibility index (Phi) is 51.7. The molecular formula is C33H54N6O2. The van der Waals surface area contributed by atoms with Crippen molar-refractivity contribution in [2.45, 2.75) is 93.6 Å². The Morgan fingerprint density at radius 2 is 1.61 bits per heavy atom. The predicted octanol–water partition coefficient (Wildman–Crippen LogP) is 8.51. The Hall–Kier alpha value is -4.32. The smallest absolute Gasteiger partial charge is 0.163 e. The normalized spacial score (nSPS) is 8.56. The summed E-state index contributed by atoms with van der Waals surface area (Å²) in [7, 11) is 1.93. The molecule has 41 heavy (non-hydrogen) atoms. The van der Waals surface area contributed by atoms with E-state index in [0.717, 1.165) is 18.5 Å². The third-order valence-electron chi connectivity index (χ3n) is 3.96. The first kappa shape index (κ1) is 49.6. The van der Waals surface area contributed by atoms with Gasteiger partial charge in [0.1, 0.15) is 12.2 Å².